The van der Waals surface area contributed by atoms with Crippen molar-refractivity contribution in [1.29, 1.82) is 0 Å². The van der Waals surface area contributed by atoms with Crippen LogP contribution in [0.15, 0.2) is 42.6 Å². The largest absolute Gasteiger partial charge is 0.497 e. The molecule has 1 fully saturated rings. The van der Waals surface area contributed by atoms with E-state index in [0.29, 0.717) is 22.3 Å². The highest BCUT2D eigenvalue weighted by Gasteiger charge is 2.19. The van der Waals surface area contributed by atoms with Gasteiger partial charge in [0.05, 0.1) is 28.4 Å². The number of carbonyl (C=O) groups is 1. The monoisotopic (exact) mass is 475 g/mol. The molecule has 1 saturated heterocycles. The molecule has 0 saturated carbocycles. The summed E-state index contributed by atoms with van der Waals surface area (Å²) in [6, 6.07) is 11.2. The van der Waals surface area contributed by atoms with Crippen molar-refractivity contribution in [3.05, 3.63) is 58.3 Å². The summed E-state index contributed by atoms with van der Waals surface area (Å²) in [5.74, 6) is 0.584. The second-order valence-corrected chi connectivity index (χ2v) is 8.62. The average Bonchev–Trinajstić information content (AvgIpc) is 3.24. The van der Waals surface area contributed by atoms with Gasteiger partial charge in [-0.3, -0.25) is 9.69 Å². The Kier molecular flexibility index (Phi) is 7.40. The molecule has 1 aromatic carbocycles. The van der Waals surface area contributed by atoms with Crippen molar-refractivity contribution >= 4 is 40.3 Å². The first-order chi connectivity index (χ1) is 15.5. The van der Waals surface area contributed by atoms with E-state index < -0.39 is 0 Å². The number of pyridine rings is 1. The molecule has 0 spiro atoms. The number of nitrogens with one attached hydrogen (secondary N) is 1. The number of nitrogens with zero attached hydrogens (tertiary/aromatic N) is 4. The van der Waals surface area contributed by atoms with Crippen molar-refractivity contribution in [3.8, 4) is 5.75 Å². The number of aromatic nitrogens is 2. The summed E-state index contributed by atoms with van der Waals surface area (Å²) in [7, 11) is 1.62. The molecule has 3 aromatic rings. The van der Waals surface area contributed by atoms with Gasteiger partial charge in [-0.05, 0) is 43.7 Å². The van der Waals surface area contributed by atoms with Gasteiger partial charge in [0.25, 0.3) is 5.91 Å². The SMILES string of the molecule is COc1ccn2nc(C(=O)NCCCCN3CCN(c4cccc(Cl)c4Cl)CC3)cc2c1. The van der Waals surface area contributed by atoms with Crippen LogP contribution >= 0.6 is 23.2 Å². The zero-order valence-electron chi connectivity index (χ0n) is 18.1. The van der Waals surface area contributed by atoms with Crippen LogP contribution in [0.1, 0.15) is 23.3 Å². The summed E-state index contributed by atoms with van der Waals surface area (Å²) in [6.45, 7) is 5.47. The second kappa shape index (κ2) is 10.4. The van der Waals surface area contributed by atoms with Gasteiger partial charge in [0.15, 0.2) is 5.69 Å². The Labute approximate surface area is 197 Å². The quantitative estimate of drug-likeness (QED) is 0.499. The smallest absolute Gasteiger partial charge is 0.271 e. The van der Waals surface area contributed by atoms with Gasteiger partial charge in [-0.25, -0.2) is 4.52 Å². The van der Waals surface area contributed by atoms with E-state index in [9.17, 15) is 4.79 Å². The molecule has 7 nitrogen and oxygen atoms in total. The third-order valence-corrected chi connectivity index (χ3v) is 6.54. The Morgan fingerprint density at radius 1 is 1.12 bits per heavy atom. The number of methoxy groups -OCH3 is 1. The van der Waals surface area contributed by atoms with E-state index in [1.807, 2.05) is 30.3 Å². The highest BCUT2D eigenvalue weighted by molar-refractivity contribution is 6.43. The lowest BCUT2D eigenvalue weighted by molar-refractivity contribution is 0.0947. The molecule has 1 aliphatic rings. The fraction of sp³-hybridized carbons (Fsp3) is 0.391. The molecule has 0 atom stereocenters. The molecule has 3 heterocycles. The van der Waals surface area contributed by atoms with E-state index in [1.54, 1.807) is 23.9 Å². The fourth-order valence-corrected chi connectivity index (χ4v) is 4.33. The molecular weight excluding hydrogens is 449 g/mol. The summed E-state index contributed by atoms with van der Waals surface area (Å²) >= 11 is 12.5. The van der Waals surface area contributed by atoms with Crippen molar-refractivity contribution in [1.82, 2.24) is 19.8 Å². The van der Waals surface area contributed by atoms with E-state index in [1.165, 1.54) is 0 Å². The number of benzene rings is 1. The molecule has 4 rings (SSSR count). The van der Waals surface area contributed by atoms with Gasteiger partial charge < -0.3 is 15.0 Å². The third kappa shape index (κ3) is 5.28. The molecular formula is C23H27Cl2N5O2. The van der Waals surface area contributed by atoms with Crippen LogP contribution in [0.2, 0.25) is 10.0 Å². The Bertz CT molecular complexity index is 1080. The Hall–Kier alpha value is -2.48. The van der Waals surface area contributed by atoms with Crippen LogP contribution in [0.25, 0.3) is 5.52 Å². The van der Waals surface area contributed by atoms with E-state index in [-0.39, 0.29) is 5.91 Å². The van der Waals surface area contributed by atoms with E-state index >= 15 is 0 Å². The van der Waals surface area contributed by atoms with E-state index in [0.717, 1.165) is 62.5 Å². The number of unbranched alkanes of at least 4 members (excludes halogenated alkanes) is 1. The average molecular weight is 476 g/mol. The van der Waals surface area contributed by atoms with Crippen molar-refractivity contribution in [2.24, 2.45) is 0 Å². The summed E-state index contributed by atoms with van der Waals surface area (Å²) < 4.78 is 6.89. The van der Waals surface area contributed by atoms with Gasteiger partial charge in [0.1, 0.15) is 5.75 Å². The maximum absolute atomic E-state index is 12.4. The van der Waals surface area contributed by atoms with Crippen LogP contribution in [0, 0.1) is 0 Å². The number of hydrogen-bond donors (Lipinski definition) is 1. The maximum atomic E-state index is 12.4. The molecule has 1 N–H and O–H groups in total. The topological polar surface area (TPSA) is 62.1 Å². The molecule has 1 aliphatic heterocycles. The van der Waals surface area contributed by atoms with E-state index in [4.69, 9.17) is 27.9 Å². The van der Waals surface area contributed by atoms with Crippen LogP contribution in [0.4, 0.5) is 5.69 Å². The van der Waals surface area contributed by atoms with Gasteiger partial charge in [-0.1, -0.05) is 29.3 Å². The number of rotatable bonds is 8. The van der Waals surface area contributed by atoms with Gasteiger partial charge in [-0.15, -0.1) is 0 Å². The minimum atomic E-state index is -0.153. The number of fused-ring (bicyclic) bond motifs is 1. The fourth-order valence-electron chi connectivity index (χ4n) is 3.91. The standard InChI is InChI=1S/C23H27Cl2N5O2/c1-32-18-7-10-30-17(15-18)16-20(27-30)23(31)26-8-2-3-9-28-11-13-29(14-12-28)21-6-4-5-19(24)22(21)25/h4-7,10,15-16H,2-3,8-9,11-14H2,1H3,(H,26,31). The molecule has 170 valence electrons. The highest BCUT2D eigenvalue weighted by atomic mass is 35.5. The Morgan fingerprint density at radius 3 is 2.72 bits per heavy atom. The molecule has 9 heteroatoms. The maximum Gasteiger partial charge on any atom is 0.271 e. The molecule has 0 bridgehead atoms. The van der Waals surface area contributed by atoms with Gasteiger partial charge >= 0.3 is 0 Å². The number of carbonyl (C=O) groups excluding carboxylic acids is 1. The lowest BCUT2D eigenvalue weighted by Gasteiger charge is -2.36. The molecule has 0 unspecified atom stereocenters. The lowest BCUT2D eigenvalue weighted by atomic mass is 10.2. The summed E-state index contributed by atoms with van der Waals surface area (Å²) in [6.07, 6.45) is 3.73. The molecule has 1 amide bonds. The molecule has 0 radical (unpaired) electrons. The van der Waals surface area contributed by atoms with Crippen LogP contribution in [-0.4, -0.2) is 66.8 Å². The first kappa shape index (κ1) is 22.7. The second-order valence-electron chi connectivity index (χ2n) is 7.83. The molecule has 32 heavy (non-hydrogen) atoms. The Balaban J connectivity index is 1.16. The summed E-state index contributed by atoms with van der Waals surface area (Å²) in [5.41, 5.74) is 2.24. The minimum Gasteiger partial charge on any atom is -0.497 e. The first-order valence-corrected chi connectivity index (χ1v) is 11.5. The van der Waals surface area contributed by atoms with Crippen LogP contribution in [0.5, 0.6) is 5.75 Å². The van der Waals surface area contributed by atoms with Crippen LogP contribution < -0.4 is 15.0 Å². The number of ether oxygens (including phenoxy) is 1. The predicted octanol–water partition coefficient (Wildman–Crippen LogP) is 3.98. The number of halogens is 2. The summed E-state index contributed by atoms with van der Waals surface area (Å²) in [4.78, 5) is 17.1. The van der Waals surface area contributed by atoms with Gasteiger partial charge in [-0.2, -0.15) is 5.10 Å². The first-order valence-electron chi connectivity index (χ1n) is 10.8. The zero-order valence-corrected chi connectivity index (χ0v) is 19.6. The Morgan fingerprint density at radius 2 is 1.94 bits per heavy atom. The minimum absolute atomic E-state index is 0.153. The predicted molar refractivity (Wildman–Crippen MR) is 128 cm³/mol. The van der Waals surface area contributed by atoms with Gasteiger partial charge in [0, 0.05) is 45.0 Å². The highest BCUT2D eigenvalue weighted by Crippen LogP contribution is 2.32. The van der Waals surface area contributed by atoms with Crippen LogP contribution in [0.3, 0.4) is 0 Å². The van der Waals surface area contributed by atoms with Crippen molar-refractivity contribution < 1.29 is 9.53 Å². The van der Waals surface area contributed by atoms with Gasteiger partial charge in [0.2, 0.25) is 0 Å². The van der Waals surface area contributed by atoms with Crippen molar-refractivity contribution in [2.45, 2.75) is 12.8 Å². The summed E-state index contributed by atoms with van der Waals surface area (Å²) in [5, 5.41) is 8.51. The number of amides is 1. The number of anilines is 1. The van der Waals surface area contributed by atoms with Crippen LogP contribution in [-0.2, 0) is 0 Å². The zero-order chi connectivity index (χ0) is 22.5. The van der Waals surface area contributed by atoms with E-state index in [2.05, 4.69) is 20.2 Å². The molecule has 2 aromatic heterocycles. The van der Waals surface area contributed by atoms with Crippen molar-refractivity contribution in [2.75, 3.05) is 51.3 Å². The third-order valence-electron chi connectivity index (χ3n) is 5.73. The lowest BCUT2D eigenvalue weighted by Crippen LogP contribution is -2.46. The number of hydrogen-bond acceptors (Lipinski definition) is 5. The normalized spacial score (nSPS) is 14.7. The molecule has 0 aliphatic carbocycles. The van der Waals surface area contributed by atoms with Crippen molar-refractivity contribution in [3.63, 3.8) is 0 Å². The number of piperazine rings is 1.